The van der Waals surface area contributed by atoms with E-state index in [0.717, 1.165) is 4.68 Å². The number of nitrogens with zero attached hydrogens (tertiary/aromatic N) is 4. The predicted molar refractivity (Wildman–Crippen MR) is 112 cm³/mol. The molecule has 2 aromatic heterocycles. The van der Waals surface area contributed by atoms with Crippen LogP contribution in [-0.4, -0.2) is 48.8 Å². The summed E-state index contributed by atoms with van der Waals surface area (Å²) in [6.07, 6.45) is 2.97. The van der Waals surface area contributed by atoms with Crippen molar-refractivity contribution >= 4 is 5.91 Å². The first-order valence-electron chi connectivity index (χ1n) is 9.67. The molecule has 32 heavy (non-hydrogen) atoms. The molecule has 0 bridgehead atoms. The zero-order valence-electron chi connectivity index (χ0n) is 17.9. The van der Waals surface area contributed by atoms with Gasteiger partial charge in [-0.15, -0.1) is 0 Å². The van der Waals surface area contributed by atoms with Crippen LogP contribution in [0.1, 0.15) is 31.1 Å². The van der Waals surface area contributed by atoms with Gasteiger partial charge in [0.2, 0.25) is 0 Å². The van der Waals surface area contributed by atoms with Gasteiger partial charge in [0.25, 0.3) is 11.5 Å². The highest BCUT2D eigenvalue weighted by Gasteiger charge is 2.26. The van der Waals surface area contributed by atoms with E-state index in [2.05, 4.69) is 20.3 Å². The number of halogens is 2. The molecule has 1 unspecified atom stereocenters. The Hall–Kier alpha value is -3.60. The van der Waals surface area contributed by atoms with Crippen molar-refractivity contribution in [3.05, 3.63) is 58.6 Å². The quantitative estimate of drug-likeness (QED) is 0.574. The van der Waals surface area contributed by atoms with Crippen molar-refractivity contribution in [2.24, 2.45) is 7.05 Å². The van der Waals surface area contributed by atoms with E-state index < -0.39 is 29.7 Å². The second kappa shape index (κ2) is 8.87. The average molecular weight is 447 g/mol. The van der Waals surface area contributed by atoms with Crippen LogP contribution in [0.4, 0.5) is 8.78 Å². The highest BCUT2D eigenvalue weighted by atomic mass is 19.3. The average Bonchev–Trinajstić information content (AvgIpc) is 3.13. The number of benzene rings is 1. The lowest BCUT2D eigenvalue weighted by Crippen LogP contribution is -2.48. The monoisotopic (exact) mass is 447 g/mol. The lowest BCUT2D eigenvalue weighted by atomic mass is 10.0. The maximum absolute atomic E-state index is 13.0. The number of carbonyl (C=O) groups excluding carboxylic acids is 1. The minimum Gasteiger partial charge on any atom is -0.435 e. The highest BCUT2D eigenvalue weighted by Crippen LogP contribution is 2.22. The Morgan fingerprint density at radius 2 is 1.91 bits per heavy atom. The van der Waals surface area contributed by atoms with E-state index in [1.54, 1.807) is 20.2 Å². The minimum atomic E-state index is -2.96. The highest BCUT2D eigenvalue weighted by molar-refractivity contribution is 5.95. The smallest absolute Gasteiger partial charge is 0.387 e. The summed E-state index contributed by atoms with van der Waals surface area (Å²) < 4.78 is 31.7. The van der Waals surface area contributed by atoms with Crippen LogP contribution in [0.3, 0.4) is 0 Å². The summed E-state index contributed by atoms with van der Waals surface area (Å²) in [6.45, 7) is 1.72. The van der Waals surface area contributed by atoms with Gasteiger partial charge in [0.05, 0.1) is 29.7 Å². The molecule has 11 heteroatoms. The number of hydrogen-bond donors (Lipinski definition) is 2. The topological polar surface area (TPSA) is 111 Å². The van der Waals surface area contributed by atoms with Gasteiger partial charge in [0, 0.05) is 12.6 Å². The van der Waals surface area contributed by atoms with Gasteiger partial charge in [-0.05, 0) is 51.1 Å². The molecule has 0 aliphatic carbocycles. The Bertz CT molecular complexity index is 1170. The van der Waals surface area contributed by atoms with E-state index in [1.807, 2.05) is 0 Å². The first-order valence-corrected chi connectivity index (χ1v) is 9.67. The Morgan fingerprint density at radius 3 is 2.44 bits per heavy atom. The van der Waals surface area contributed by atoms with Crippen LogP contribution >= 0.6 is 0 Å². The number of nitrogens with one attached hydrogen (secondary N) is 1. The minimum absolute atomic E-state index is 0.0405. The zero-order chi connectivity index (χ0) is 23.6. The van der Waals surface area contributed by atoms with Crippen molar-refractivity contribution < 1.29 is 23.4 Å². The number of rotatable bonds is 7. The van der Waals surface area contributed by atoms with Crippen LogP contribution in [0.5, 0.6) is 5.75 Å². The third-order valence-electron chi connectivity index (χ3n) is 4.87. The molecule has 0 fully saturated rings. The third-order valence-corrected chi connectivity index (χ3v) is 4.87. The van der Waals surface area contributed by atoms with Gasteiger partial charge >= 0.3 is 6.61 Å². The number of ether oxygens (including phenoxy) is 1. The summed E-state index contributed by atoms with van der Waals surface area (Å²) in [5.74, 6) is -0.732. The van der Waals surface area contributed by atoms with Gasteiger partial charge in [0.1, 0.15) is 17.0 Å². The second-order valence-corrected chi connectivity index (χ2v) is 7.78. The van der Waals surface area contributed by atoms with Gasteiger partial charge in [-0.25, -0.2) is 0 Å². The molecule has 1 aromatic carbocycles. The van der Waals surface area contributed by atoms with Crippen LogP contribution in [-0.2, 0) is 7.05 Å². The molecule has 0 aliphatic rings. The molecular formula is C21H23F2N5O4. The van der Waals surface area contributed by atoms with Crippen LogP contribution in [0.15, 0.2) is 47.5 Å². The van der Waals surface area contributed by atoms with E-state index in [0.29, 0.717) is 11.3 Å². The number of carbonyl (C=O) groups is 1. The standard InChI is InChI=1S/C21H23F2N5O4/c1-12(21(2,3)31)25-18(29)16-9-17(13-5-7-15(8-6-13)32-20(22)23)26-28(19(16)30)14-10-24-27(4)11-14/h5-12,20,31H,1-4H3,(H,25,29). The third kappa shape index (κ3) is 5.17. The molecule has 0 saturated heterocycles. The molecule has 3 aromatic rings. The molecule has 0 spiro atoms. The number of hydrogen-bond acceptors (Lipinski definition) is 6. The number of amides is 1. The normalized spacial score (nSPS) is 12.6. The number of aryl methyl sites for hydroxylation is 1. The van der Waals surface area contributed by atoms with Gasteiger partial charge < -0.3 is 15.2 Å². The molecular weight excluding hydrogens is 424 g/mol. The molecule has 0 aliphatic heterocycles. The maximum atomic E-state index is 13.0. The van der Waals surface area contributed by atoms with Gasteiger partial charge in [-0.2, -0.15) is 23.7 Å². The zero-order valence-corrected chi connectivity index (χ0v) is 17.9. The van der Waals surface area contributed by atoms with Crippen LogP contribution in [0.2, 0.25) is 0 Å². The fourth-order valence-electron chi connectivity index (χ4n) is 2.75. The Labute approximate surface area is 182 Å². The number of aromatic nitrogens is 4. The number of alkyl halides is 2. The maximum Gasteiger partial charge on any atom is 0.387 e. The number of aliphatic hydroxyl groups is 1. The molecule has 0 radical (unpaired) electrons. The van der Waals surface area contributed by atoms with Crippen molar-refractivity contribution in [2.45, 2.75) is 39.0 Å². The van der Waals surface area contributed by atoms with E-state index >= 15 is 0 Å². The first-order chi connectivity index (χ1) is 15.0. The molecule has 0 saturated carbocycles. The lowest BCUT2D eigenvalue weighted by molar-refractivity contribution is -0.0498. The lowest BCUT2D eigenvalue weighted by Gasteiger charge is -2.26. The Balaban J connectivity index is 2.09. The predicted octanol–water partition coefficient (Wildman–Crippen LogP) is 2.12. The van der Waals surface area contributed by atoms with Crippen molar-refractivity contribution in [3.63, 3.8) is 0 Å². The summed E-state index contributed by atoms with van der Waals surface area (Å²) in [5, 5.41) is 21.1. The summed E-state index contributed by atoms with van der Waals surface area (Å²) in [7, 11) is 1.67. The summed E-state index contributed by atoms with van der Waals surface area (Å²) in [4.78, 5) is 25.9. The van der Waals surface area contributed by atoms with Crippen LogP contribution in [0, 0.1) is 0 Å². The van der Waals surface area contributed by atoms with Crippen molar-refractivity contribution in [1.29, 1.82) is 0 Å². The molecule has 2 N–H and O–H groups in total. The van der Waals surface area contributed by atoms with E-state index in [-0.39, 0.29) is 17.0 Å². The summed E-state index contributed by atoms with van der Waals surface area (Å²) >= 11 is 0. The largest absolute Gasteiger partial charge is 0.435 e. The molecule has 1 atom stereocenters. The first kappa shape index (κ1) is 23.1. The fraction of sp³-hybridized carbons (Fsp3) is 0.333. The van der Waals surface area contributed by atoms with Crippen molar-refractivity contribution in [1.82, 2.24) is 24.9 Å². The molecule has 2 heterocycles. The molecule has 3 rings (SSSR count). The fourth-order valence-corrected chi connectivity index (χ4v) is 2.75. The van der Waals surface area contributed by atoms with Crippen LogP contribution < -0.4 is 15.6 Å². The molecule has 170 valence electrons. The Kier molecular flexibility index (Phi) is 6.40. The SMILES string of the molecule is CC(NC(=O)c1cc(-c2ccc(OC(F)F)cc2)nn(-c2cnn(C)c2)c1=O)C(C)(C)O. The second-order valence-electron chi connectivity index (χ2n) is 7.78. The van der Waals surface area contributed by atoms with E-state index in [4.69, 9.17) is 0 Å². The molecule has 1 amide bonds. The summed E-state index contributed by atoms with van der Waals surface area (Å²) in [5.41, 5.74) is -1.05. The van der Waals surface area contributed by atoms with Crippen molar-refractivity contribution in [2.75, 3.05) is 0 Å². The Morgan fingerprint density at radius 1 is 1.25 bits per heavy atom. The summed E-state index contributed by atoms with van der Waals surface area (Å²) in [6, 6.07) is 6.30. The van der Waals surface area contributed by atoms with Gasteiger partial charge in [-0.3, -0.25) is 14.3 Å². The van der Waals surface area contributed by atoms with Gasteiger partial charge in [-0.1, -0.05) is 0 Å². The van der Waals surface area contributed by atoms with E-state index in [1.165, 1.54) is 55.1 Å². The molecule has 9 nitrogen and oxygen atoms in total. The van der Waals surface area contributed by atoms with Gasteiger partial charge in [0.15, 0.2) is 0 Å². The van der Waals surface area contributed by atoms with Crippen molar-refractivity contribution in [3.8, 4) is 22.7 Å². The van der Waals surface area contributed by atoms with Crippen LogP contribution in [0.25, 0.3) is 16.9 Å². The van der Waals surface area contributed by atoms with E-state index in [9.17, 15) is 23.5 Å².